The molecule has 2 aliphatic carbocycles. The van der Waals surface area contributed by atoms with Gasteiger partial charge >= 0.3 is 12.1 Å². The van der Waals surface area contributed by atoms with Crippen LogP contribution >= 0.6 is 0 Å². The maximum absolute atomic E-state index is 11.9. The molecule has 2 rings (SSSR count). The van der Waals surface area contributed by atoms with E-state index < -0.39 is 24.4 Å². The summed E-state index contributed by atoms with van der Waals surface area (Å²) < 4.78 is 40.1. The van der Waals surface area contributed by atoms with Crippen molar-refractivity contribution in [2.24, 2.45) is 11.8 Å². The Labute approximate surface area is 84.2 Å². The number of aliphatic hydroxyl groups is 1. The average Bonchev–Trinajstić information content (AvgIpc) is 2.60. The first-order valence-corrected chi connectivity index (χ1v) is 4.85. The van der Waals surface area contributed by atoms with Gasteiger partial charge in [0, 0.05) is 5.92 Å². The van der Waals surface area contributed by atoms with E-state index >= 15 is 0 Å². The number of aliphatic hydroxyl groups excluding tert-OH is 1. The van der Waals surface area contributed by atoms with Crippen molar-refractivity contribution in [3.8, 4) is 0 Å². The molecule has 4 atom stereocenters. The van der Waals surface area contributed by atoms with E-state index in [1.54, 1.807) is 0 Å². The van der Waals surface area contributed by atoms with E-state index in [0.717, 1.165) is 6.42 Å². The second kappa shape index (κ2) is 3.37. The van der Waals surface area contributed by atoms with Gasteiger partial charge in [0.1, 0.15) is 6.10 Å². The van der Waals surface area contributed by atoms with Crippen LogP contribution in [0.3, 0.4) is 0 Å². The normalized spacial score (nSPS) is 39.5. The molecule has 1 N–H and O–H groups in total. The van der Waals surface area contributed by atoms with Crippen LogP contribution < -0.4 is 0 Å². The van der Waals surface area contributed by atoms with Crippen LogP contribution in [0.15, 0.2) is 0 Å². The molecule has 6 heteroatoms. The Hall–Kier alpha value is -0.780. The average molecular weight is 224 g/mol. The first-order valence-electron chi connectivity index (χ1n) is 4.85. The maximum atomic E-state index is 11.9. The van der Waals surface area contributed by atoms with Crippen molar-refractivity contribution in [1.29, 1.82) is 0 Å². The fraction of sp³-hybridized carbons (Fsp3) is 0.889. The first kappa shape index (κ1) is 10.7. The summed E-state index contributed by atoms with van der Waals surface area (Å²) >= 11 is 0. The van der Waals surface area contributed by atoms with Gasteiger partial charge in [-0.15, -0.1) is 0 Å². The van der Waals surface area contributed by atoms with Crippen molar-refractivity contribution >= 4 is 5.97 Å². The number of hydrogen-bond donors (Lipinski definition) is 1. The van der Waals surface area contributed by atoms with E-state index in [9.17, 15) is 23.1 Å². The van der Waals surface area contributed by atoms with Gasteiger partial charge in [-0.1, -0.05) is 0 Å². The third-order valence-corrected chi connectivity index (χ3v) is 3.29. The van der Waals surface area contributed by atoms with Crippen LogP contribution in [-0.2, 0) is 9.53 Å². The molecule has 3 nitrogen and oxygen atoms in total. The number of carbonyl (C=O) groups is 1. The zero-order chi connectivity index (χ0) is 11.2. The van der Waals surface area contributed by atoms with Gasteiger partial charge in [0.05, 0.1) is 6.10 Å². The minimum atomic E-state index is -4.94. The quantitative estimate of drug-likeness (QED) is 0.682. The summed E-state index contributed by atoms with van der Waals surface area (Å²) in [6, 6.07) is 0. The third kappa shape index (κ3) is 1.82. The van der Waals surface area contributed by atoms with E-state index in [1.165, 1.54) is 0 Å². The Kier molecular flexibility index (Phi) is 2.41. The molecule has 2 aliphatic rings. The molecule has 0 heterocycles. The Bertz CT molecular complexity index is 276. The summed E-state index contributed by atoms with van der Waals surface area (Å²) in [7, 11) is 0. The second-order valence-electron chi connectivity index (χ2n) is 4.17. The Morgan fingerprint density at radius 2 is 2.00 bits per heavy atom. The maximum Gasteiger partial charge on any atom is 0.490 e. The number of hydrogen-bond acceptors (Lipinski definition) is 3. The largest absolute Gasteiger partial charge is 0.490 e. The van der Waals surface area contributed by atoms with Crippen molar-refractivity contribution in [3.05, 3.63) is 0 Å². The van der Waals surface area contributed by atoms with E-state index in [-0.39, 0.29) is 11.8 Å². The fourth-order valence-corrected chi connectivity index (χ4v) is 2.57. The fourth-order valence-electron chi connectivity index (χ4n) is 2.57. The molecule has 15 heavy (non-hydrogen) atoms. The molecule has 0 aliphatic heterocycles. The minimum absolute atomic E-state index is 0.000957. The highest BCUT2D eigenvalue weighted by molar-refractivity contribution is 5.75. The Balaban J connectivity index is 1.95. The number of fused-ring (bicyclic) bond motifs is 2. The van der Waals surface area contributed by atoms with Gasteiger partial charge in [-0.25, -0.2) is 4.79 Å². The van der Waals surface area contributed by atoms with E-state index in [2.05, 4.69) is 4.74 Å². The minimum Gasteiger partial charge on any atom is -0.455 e. The molecule has 0 saturated heterocycles. The van der Waals surface area contributed by atoms with Gasteiger partial charge in [0.25, 0.3) is 0 Å². The molecule has 86 valence electrons. The summed E-state index contributed by atoms with van der Waals surface area (Å²) in [6.07, 6.45) is -4.49. The molecule has 0 radical (unpaired) electrons. The topological polar surface area (TPSA) is 46.5 Å². The van der Waals surface area contributed by atoms with Crippen molar-refractivity contribution in [1.82, 2.24) is 0 Å². The zero-order valence-corrected chi connectivity index (χ0v) is 7.83. The van der Waals surface area contributed by atoms with Gasteiger partial charge in [-0.2, -0.15) is 13.2 Å². The summed E-state index contributed by atoms with van der Waals surface area (Å²) in [5, 5.41) is 9.54. The number of halogens is 3. The third-order valence-electron chi connectivity index (χ3n) is 3.29. The lowest BCUT2D eigenvalue weighted by Crippen LogP contribution is -2.33. The highest BCUT2D eigenvalue weighted by Gasteiger charge is 2.51. The molecule has 2 saturated carbocycles. The molecular formula is C9H11F3O3. The van der Waals surface area contributed by atoms with Crippen LogP contribution in [0.1, 0.15) is 19.3 Å². The predicted molar refractivity (Wildman–Crippen MR) is 42.8 cm³/mol. The molecule has 0 aromatic rings. The van der Waals surface area contributed by atoms with E-state index in [1.807, 2.05) is 0 Å². The summed E-state index contributed by atoms with van der Waals surface area (Å²) in [5.74, 6) is -2.45. The monoisotopic (exact) mass is 224 g/mol. The summed E-state index contributed by atoms with van der Waals surface area (Å²) in [4.78, 5) is 10.6. The second-order valence-corrected chi connectivity index (χ2v) is 4.17. The molecule has 0 aromatic heterocycles. The number of esters is 1. The van der Waals surface area contributed by atoms with Crippen LogP contribution in [0.4, 0.5) is 13.2 Å². The lowest BCUT2D eigenvalue weighted by atomic mass is 9.98. The molecule has 0 amide bonds. The highest BCUT2D eigenvalue weighted by atomic mass is 19.4. The van der Waals surface area contributed by atoms with Crippen molar-refractivity contribution < 1.29 is 27.8 Å². The van der Waals surface area contributed by atoms with Gasteiger partial charge in [0.15, 0.2) is 0 Å². The van der Waals surface area contributed by atoms with Crippen LogP contribution in [0.2, 0.25) is 0 Å². The number of carbonyl (C=O) groups excluding carboxylic acids is 1. The number of alkyl halides is 3. The molecular weight excluding hydrogens is 213 g/mol. The smallest absolute Gasteiger partial charge is 0.455 e. The number of ether oxygens (including phenoxy) is 1. The predicted octanol–water partition coefficient (Wildman–Crippen LogP) is 1.25. The van der Waals surface area contributed by atoms with E-state index in [0.29, 0.717) is 12.8 Å². The van der Waals surface area contributed by atoms with Crippen LogP contribution in [-0.4, -0.2) is 29.5 Å². The Morgan fingerprint density at radius 1 is 1.33 bits per heavy atom. The molecule has 2 bridgehead atoms. The first-order chi connectivity index (χ1) is 6.89. The summed E-state index contributed by atoms with van der Waals surface area (Å²) in [6.45, 7) is 0. The standard InChI is InChI=1S/C9H11F3O3/c10-9(11,12)8(14)15-6-3-4-1-2-5(6)7(4)13/h4-7,13H,1-3H2. The van der Waals surface area contributed by atoms with Crippen LogP contribution in [0.25, 0.3) is 0 Å². The van der Waals surface area contributed by atoms with Gasteiger partial charge in [0.2, 0.25) is 0 Å². The molecule has 0 aromatic carbocycles. The highest BCUT2D eigenvalue weighted by Crippen LogP contribution is 2.46. The van der Waals surface area contributed by atoms with Crippen molar-refractivity contribution in [3.63, 3.8) is 0 Å². The van der Waals surface area contributed by atoms with Crippen LogP contribution in [0.5, 0.6) is 0 Å². The zero-order valence-electron chi connectivity index (χ0n) is 7.83. The molecule has 0 spiro atoms. The molecule has 2 fully saturated rings. The van der Waals surface area contributed by atoms with Gasteiger partial charge < -0.3 is 9.84 Å². The van der Waals surface area contributed by atoms with Crippen molar-refractivity contribution in [2.75, 3.05) is 0 Å². The Morgan fingerprint density at radius 3 is 2.40 bits per heavy atom. The SMILES string of the molecule is O=C(OC1CC2CCC1C2O)C(F)(F)F. The summed E-state index contributed by atoms with van der Waals surface area (Å²) in [5.41, 5.74) is 0. The van der Waals surface area contributed by atoms with Crippen molar-refractivity contribution in [2.45, 2.75) is 37.6 Å². The van der Waals surface area contributed by atoms with Gasteiger partial charge in [-0.05, 0) is 25.2 Å². The van der Waals surface area contributed by atoms with Crippen LogP contribution in [0, 0.1) is 11.8 Å². The van der Waals surface area contributed by atoms with E-state index in [4.69, 9.17) is 0 Å². The lowest BCUT2D eigenvalue weighted by Gasteiger charge is -2.22. The lowest BCUT2D eigenvalue weighted by molar-refractivity contribution is -0.207. The van der Waals surface area contributed by atoms with Gasteiger partial charge in [-0.3, -0.25) is 0 Å². The number of rotatable bonds is 1. The molecule has 4 unspecified atom stereocenters.